The van der Waals surface area contributed by atoms with Crippen LogP contribution in [0.4, 0.5) is 0 Å². The molecule has 0 radical (unpaired) electrons. The summed E-state index contributed by atoms with van der Waals surface area (Å²) in [5.74, 6) is 0. The van der Waals surface area contributed by atoms with E-state index in [1.807, 2.05) is 0 Å². The first kappa shape index (κ1) is 58.2. The van der Waals surface area contributed by atoms with Crippen molar-refractivity contribution in [2.45, 2.75) is 224 Å². The molecule has 2 rings (SSSR count). The molecule has 364 valence electrons. The highest BCUT2D eigenvalue weighted by molar-refractivity contribution is 6.92. The topological polar surface area (TPSA) is 98.8 Å². The Labute approximate surface area is 384 Å². The SMILES string of the molecule is CO[Si](CC[Si](C)(O[Si](C)(C)C)O[Si](C)(C)O[Si](C)(CCCOC1CC(C)(C)N(C)C(C)(C)C1)O[Si](C)(CCCOC1CC(C)(C)N(C)C(C)(C)C1)O[Si](C)(C)C)(OC)OC. The van der Waals surface area contributed by atoms with Gasteiger partial charge < -0.3 is 43.3 Å². The quantitative estimate of drug-likeness (QED) is 0.0610. The van der Waals surface area contributed by atoms with Gasteiger partial charge in [0.25, 0.3) is 0 Å². The Hall–Kier alpha value is 1.04. The van der Waals surface area contributed by atoms with E-state index in [-0.39, 0.29) is 34.4 Å². The van der Waals surface area contributed by atoms with Gasteiger partial charge in [0.2, 0.25) is 0 Å². The summed E-state index contributed by atoms with van der Waals surface area (Å²) < 4.78 is 67.5. The molecule has 3 atom stereocenters. The van der Waals surface area contributed by atoms with Crippen molar-refractivity contribution in [2.24, 2.45) is 0 Å². The van der Waals surface area contributed by atoms with E-state index in [0.29, 0.717) is 25.3 Å². The van der Waals surface area contributed by atoms with Crippen LogP contribution in [0.3, 0.4) is 0 Å². The molecule has 0 N–H and O–H groups in total. The van der Waals surface area contributed by atoms with Crippen LogP contribution in [0.2, 0.25) is 96.2 Å². The van der Waals surface area contributed by atoms with Crippen molar-refractivity contribution in [1.29, 1.82) is 0 Å². The standard InChI is InChI=1S/C42H98N2O10Si7/c1-39(2)33-37(34-40(3,4)43(39)9)48-27-25-29-58(22,50-55(14,15)16)54-59(23,30-26-28-49-38-35-41(5,6)44(10)42(7,8)36-38)52-57(20,21)53-60(24,51-56(17,18)19)31-32-61(45-11,46-12)47-13/h37-38H,25-36H2,1-24H3. The molecule has 0 amide bonds. The summed E-state index contributed by atoms with van der Waals surface area (Å²) in [6.07, 6.45) is 6.20. The first-order valence-corrected chi connectivity index (χ1v) is 42.3. The number of nitrogens with zero attached hydrogens (tertiary/aromatic N) is 2. The fourth-order valence-electron chi connectivity index (χ4n) is 10.2. The van der Waals surface area contributed by atoms with Crippen molar-refractivity contribution < 1.29 is 43.3 Å². The van der Waals surface area contributed by atoms with Crippen molar-refractivity contribution in [3.8, 4) is 0 Å². The monoisotopic (exact) mass is 987 g/mol. The van der Waals surface area contributed by atoms with Gasteiger partial charge in [-0.3, -0.25) is 9.80 Å². The fraction of sp³-hybridized carbons (Fsp3) is 1.00. The van der Waals surface area contributed by atoms with Gasteiger partial charge in [0, 0.05) is 62.7 Å². The lowest BCUT2D eigenvalue weighted by molar-refractivity contribution is -0.0915. The molecule has 0 spiro atoms. The molecular weight excluding hydrogens is 889 g/mol. The number of hydrogen-bond donors (Lipinski definition) is 0. The zero-order chi connectivity index (χ0) is 47.4. The predicted octanol–water partition coefficient (Wildman–Crippen LogP) is 10.7. The van der Waals surface area contributed by atoms with Crippen LogP contribution in [0.1, 0.15) is 93.9 Å². The third kappa shape index (κ3) is 18.6. The van der Waals surface area contributed by atoms with Gasteiger partial charge in [-0.1, -0.05) is 0 Å². The second-order valence-electron chi connectivity index (χ2n) is 23.7. The van der Waals surface area contributed by atoms with Crippen LogP contribution in [-0.4, -0.2) is 152 Å². The lowest BCUT2D eigenvalue weighted by atomic mass is 9.79. The Morgan fingerprint density at radius 1 is 0.426 bits per heavy atom. The van der Waals surface area contributed by atoms with Gasteiger partial charge in [-0.25, -0.2) is 0 Å². The van der Waals surface area contributed by atoms with Crippen LogP contribution in [0.15, 0.2) is 0 Å². The molecule has 0 saturated carbocycles. The molecule has 2 fully saturated rings. The molecule has 2 heterocycles. The van der Waals surface area contributed by atoms with E-state index >= 15 is 0 Å². The van der Waals surface area contributed by atoms with Crippen LogP contribution in [0.5, 0.6) is 0 Å². The summed E-state index contributed by atoms with van der Waals surface area (Å²) in [6, 6.07) is 2.89. The summed E-state index contributed by atoms with van der Waals surface area (Å²) in [7, 11) is -8.94. The van der Waals surface area contributed by atoms with Crippen LogP contribution in [-0.2, 0) is 43.3 Å². The third-order valence-electron chi connectivity index (χ3n) is 13.0. The molecule has 0 aromatic carbocycles. The molecule has 0 aromatic heterocycles. The van der Waals surface area contributed by atoms with Gasteiger partial charge in [0.1, 0.15) is 0 Å². The van der Waals surface area contributed by atoms with E-state index in [1.54, 1.807) is 21.3 Å². The van der Waals surface area contributed by atoms with E-state index in [0.717, 1.165) is 50.6 Å². The van der Waals surface area contributed by atoms with E-state index in [2.05, 4.69) is 151 Å². The number of likely N-dealkylation sites (tertiary alicyclic amines) is 2. The van der Waals surface area contributed by atoms with Gasteiger partial charge in [0.05, 0.1) is 12.2 Å². The molecule has 0 aromatic rings. The molecule has 0 aliphatic carbocycles. The number of piperidine rings is 2. The Morgan fingerprint density at radius 2 is 0.721 bits per heavy atom. The predicted molar refractivity (Wildman–Crippen MR) is 269 cm³/mol. The first-order chi connectivity index (χ1) is 27.3. The Morgan fingerprint density at radius 3 is 1.02 bits per heavy atom. The van der Waals surface area contributed by atoms with Crippen LogP contribution in [0, 0.1) is 0 Å². The zero-order valence-corrected chi connectivity index (χ0v) is 51.1. The highest BCUT2D eigenvalue weighted by Crippen LogP contribution is 2.40. The fourth-order valence-corrected chi connectivity index (χ4v) is 42.9. The lowest BCUT2D eigenvalue weighted by Crippen LogP contribution is -2.62. The van der Waals surface area contributed by atoms with E-state index in [9.17, 15) is 0 Å². The Balaban J connectivity index is 2.42. The maximum absolute atomic E-state index is 7.59. The van der Waals surface area contributed by atoms with Gasteiger partial charge in [-0.15, -0.1) is 0 Å². The molecule has 2 aliphatic heterocycles. The minimum atomic E-state index is -2.98. The van der Waals surface area contributed by atoms with Gasteiger partial charge in [-0.05, 0) is 198 Å². The largest absolute Gasteiger partial charge is 0.500 e. The Bertz CT molecular complexity index is 1320. The first-order valence-electron chi connectivity index (χ1n) is 23.2. The normalized spacial score (nSPS) is 24.0. The van der Waals surface area contributed by atoms with Crippen molar-refractivity contribution in [3.63, 3.8) is 0 Å². The van der Waals surface area contributed by atoms with Gasteiger partial charge in [-0.2, -0.15) is 0 Å². The maximum Gasteiger partial charge on any atom is 0.500 e. The maximum atomic E-state index is 7.59. The van der Waals surface area contributed by atoms with Crippen LogP contribution in [0.25, 0.3) is 0 Å². The lowest BCUT2D eigenvalue weighted by Gasteiger charge is -2.53. The smallest absolute Gasteiger partial charge is 0.437 e. The molecule has 3 unspecified atom stereocenters. The average Bonchev–Trinajstić information content (AvgIpc) is 3.04. The summed E-state index contributed by atoms with van der Waals surface area (Å²) in [4.78, 5) is 5.02. The molecule has 2 saturated heterocycles. The number of rotatable bonds is 26. The van der Waals surface area contributed by atoms with Crippen LogP contribution < -0.4 is 0 Å². The van der Waals surface area contributed by atoms with Crippen molar-refractivity contribution in [1.82, 2.24) is 9.80 Å². The molecule has 0 bridgehead atoms. The summed E-state index contributed by atoms with van der Waals surface area (Å²) in [5, 5.41) is 0. The van der Waals surface area contributed by atoms with E-state index in [1.165, 1.54) is 0 Å². The third-order valence-corrected chi connectivity index (χ3v) is 39.1. The minimum Gasteiger partial charge on any atom is -0.437 e. The second-order valence-corrected chi connectivity index (χ2v) is 50.4. The molecule has 61 heavy (non-hydrogen) atoms. The van der Waals surface area contributed by atoms with Crippen molar-refractivity contribution in [2.75, 3.05) is 48.6 Å². The van der Waals surface area contributed by atoms with E-state index < -0.39 is 59.7 Å². The molecular formula is C42H98N2O10Si7. The zero-order valence-electron chi connectivity index (χ0n) is 44.1. The van der Waals surface area contributed by atoms with Crippen molar-refractivity contribution in [3.05, 3.63) is 0 Å². The van der Waals surface area contributed by atoms with Gasteiger partial charge >= 0.3 is 43.0 Å². The molecule has 19 heteroatoms. The minimum absolute atomic E-state index is 0.0619. The summed E-state index contributed by atoms with van der Waals surface area (Å²) in [6.45, 7) is 44.5. The Kier molecular flexibility index (Phi) is 20.5. The number of hydrogen-bond acceptors (Lipinski definition) is 12. The highest BCUT2D eigenvalue weighted by Gasteiger charge is 2.53. The average molecular weight is 988 g/mol. The van der Waals surface area contributed by atoms with Gasteiger partial charge in [0.15, 0.2) is 16.6 Å². The van der Waals surface area contributed by atoms with Crippen LogP contribution >= 0.6 is 0 Å². The van der Waals surface area contributed by atoms with E-state index in [4.69, 9.17) is 43.3 Å². The second kappa shape index (κ2) is 21.6. The molecule has 2 aliphatic rings. The molecule has 12 nitrogen and oxygen atoms in total. The summed E-state index contributed by atoms with van der Waals surface area (Å²) in [5.41, 5.74) is 0.279. The number of ether oxygens (including phenoxy) is 2. The summed E-state index contributed by atoms with van der Waals surface area (Å²) >= 11 is 0. The highest BCUT2D eigenvalue weighted by atomic mass is 28.5. The van der Waals surface area contributed by atoms with Crippen molar-refractivity contribution >= 4 is 59.7 Å².